The van der Waals surface area contributed by atoms with E-state index in [9.17, 15) is 9.59 Å². The van der Waals surface area contributed by atoms with Gasteiger partial charge in [-0.2, -0.15) is 9.50 Å². The average molecular weight is 620 g/mol. The van der Waals surface area contributed by atoms with E-state index in [1.807, 2.05) is 4.90 Å². The summed E-state index contributed by atoms with van der Waals surface area (Å²) in [6.07, 6.45) is 1.53. The van der Waals surface area contributed by atoms with Crippen molar-refractivity contribution >= 4 is 34.4 Å². The Morgan fingerprint density at radius 2 is 1.87 bits per heavy atom. The van der Waals surface area contributed by atoms with Crippen LogP contribution >= 0.6 is 0 Å². The molecule has 0 atom stereocenters. The van der Waals surface area contributed by atoms with Crippen molar-refractivity contribution in [1.82, 2.24) is 43.8 Å². The Kier molecular flexibility index (Phi) is 7.58. The van der Waals surface area contributed by atoms with Gasteiger partial charge in [0.05, 0.1) is 12.0 Å². The van der Waals surface area contributed by atoms with Crippen molar-refractivity contribution in [2.75, 3.05) is 76.1 Å². The molecular formula is C29H34FN11O4. The van der Waals surface area contributed by atoms with Crippen molar-refractivity contribution in [1.29, 1.82) is 0 Å². The molecule has 0 spiro atoms. The van der Waals surface area contributed by atoms with Crippen molar-refractivity contribution in [3.63, 3.8) is 0 Å². The molecule has 45 heavy (non-hydrogen) atoms. The second-order valence-electron chi connectivity index (χ2n) is 11.1. The number of nitrogen functional groups attached to an aromatic ring is 1. The van der Waals surface area contributed by atoms with Crippen molar-refractivity contribution in [3.8, 4) is 17.3 Å². The lowest BCUT2D eigenvalue weighted by molar-refractivity contribution is -0.133. The van der Waals surface area contributed by atoms with Gasteiger partial charge >= 0.3 is 5.69 Å². The van der Waals surface area contributed by atoms with Gasteiger partial charge in [-0.15, -0.1) is 5.10 Å². The highest BCUT2D eigenvalue weighted by Crippen LogP contribution is 2.26. The minimum atomic E-state index is -0.392. The number of ether oxygens (including phenoxy) is 1. The molecule has 4 aromatic heterocycles. The second-order valence-corrected chi connectivity index (χ2v) is 11.1. The number of aryl methyl sites for hydroxylation is 1. The Morgan fingerprint density at radius 3 is 2.60 bits per heavy atom. The third-order valence-electron chi connectivity index (χ3n) is 8.42. The van der Waals surface area contributed by atoms with E-state index < -0.39 is 5.82 Å². The molecule has 5 aromatic rings. The van der Waals surface area contributed by atoms with E-state index >= 15 is 4.39 Å². The largest absolute Gasteiger partial charge is 0.484 e. The summed E-state index contributed by atoms with van der Waals surface area (Å²) in [4.78, 5) is 40.7. The molecule has 3 N–H and O–H groups in total. The molecule has 1 amide bonds. The fourth-order valence-electron chi connectivity index (χ4n) is 5.94. The molecule has 0 saturated carbocycles. The SMILES string of the molecule is Cn1c(=O)n(CCN2CCN(c3ccc(OCC(=O)N4CCNCC4)cc3F)CC2)c2nc(N)n3nc(-c4ccco4)nc3c21. The van der Waals surface area contributed by atoms with Gasteiger partial charge in [0.1, 0.15) is 17.1 Å². The number of hydrogen-bond acceptors (Lipinski definition) is 11. The van der Waals surface area contributed by atoms with Crippen LogP contribution in [0.3, 0.4) is 0 Å². The van der Waals surface area contributed by atoms with Crippen molar-refractivity contribution in [2.45, 2.75) is 6.54 Å². The summed E-state index contributed by atoms with van der Waals surface area (Å²) in [7, 11) is 1.67. The standard InChI is InChI=1S/C29H34FN11O4/c1-36-24-26(34-28(31)41-27(24)33-25(35-41)22-3-2-16-44-22)40(29(36)43)15-12-37-10-13-38(14-11-37)21-5-4-19(17-20(21)30)45-18-23(42)39-8-6-32-7-9-39/h2-5,16-17,32H,6-15,18H2,1H3,(H2,31,34). The molecule has 0 unspecified atom stereocenters. The van der Waals surface area contributed by atoms with Crippen LogP contribution in [0.15, 0.2) is 45.8 Å². The number of benzene rings is 1. The molecule has 16 heteroatoms. The number of amides is 1. The van der Waals surface area contributed by atoms with Gasteiger partial charge in [-0.05, 0) is 24.3 Å². The number of aromatic nitrogens is 6. The summed E-state index contributed by atoms with van der Waals surface area (Å²) in [5, 5.41) is 7.62. The van der Waals surface area contributed by atoms with Crippen LogP contribution in [0.25, 0.3) is 28.4 Å². The number of fused-ring (bicyclic) bond motifs is 3. The van der Waals surface area contributed by atoms with Crippen LogP contribution in [-0.4, -0.2) is 110 Å². The zero-order chi connectivity index (χ0) is 31.1. The number of halogens is 1. The number of piperazine rings is 2. The molecule has 2 aliphatic heterocycles. The predicted octanol–water partition coefficient (Wildman–Crippen LogP) is 0.392. The summed E-state index contributed by atoms with van der Waals surface area (Å²) >= 11 is 0. The van der Waals surface area contributed by atoms with Crippen molar-refractivity contribution < 1.29 is 18.3 Å². The number of nitrogens with one attached hydrogen (secondary N) is 1. The maximum Gasteiger partial charge on any atom is 0.330 e. The lowest BCUT2D eigenvalue weighted by atomic mass is 10.2. The van der Waals surface area contributed by atoms with Gasteiger partial charge in [0.15, 0.2) is 23.7 Å². The molecule has 2 aliphatic rings. The number of hydrogen-bond donors (Lipinski definition) is 2. The van der Waals surface area contributed by atoms with Crippen LogP contribution in [0.4, 0.5) is 16.0 Å². The lowest BCUT2D eigenvalue weighted by Crippen LogP contribution is -2.48. The number of furan rings is 1. The van der Waals surface area contributed by atoms with E-state index in [1.165, 1.54) is 21.4 Å². The first-order valence-corrected chi connectivity index (χ1v) is 14.9. The lowest BCUT2D eigenvalue weighted by Gasteiger charge is -2.36. The number of rotatable bonds is 8. The number of carbonyl (C=O) groups excluding carboxylic acids is 1. The Labute approximate surface area is 256 Å². The monoisotopic (exact) mass is 619 g/mol. The Hall–Kier alpha value is -4.96. The maximum atomic E-state index is 15.1. The van der Waals surface area contributed by atoms with E-state index in [-0.39, 0.29) is 24.2 Å². The smallest absolute Gasteiger partial charge is 0.330 e. The highest BCUT2D eigenvalue weighted by molar-refractivity contribution is 5.88. The van der Waals surface area contributed by atoms with Crippen LogP contribution in [-0.2, 0) is 18.4 Å². The predicted molar refractivity (Wildman–Crippen MR) is 164 cm³/mol. The Balaban J connectivity index is 0.986. The number of carbonyl (C=O) groups is 1. The molecule has 15 nitrogen and oxygen atoms in total. The zero-order valence-electron chi connectivity index (χ0n) is 24.9. The summed E-state index contributed by atoms with van der Waals surface area (Å²) < 4.78 is 30.6. The van der Waals surface area contributed by atoms with Crippen LogP contribution in [0.5, 0.6) is 5.75 Å². The summed E-state index contributed by atoms with van der Waals surface area (Å²) in [5.74, 6) is 0.772. The molecule has 2 fully saturated rings. The van der Waals surface area contributed by atoms with E-state index in [4.69, 9.17) is 14.9 Å². The van der Waals surface area contributed by atoms with E-state index in [2.05, 4.69) is 25.3 Å². The molecule has 0 radical (unpaired) electrons. The maximum absolute atomic E-state index is 15.1. The minimum Gasteiger partial charge on any atom is -0.484 e. The third kappa shape index (κ3) is 5.46. The number of nitrogens with zero attached hydrogens (tertiary/aromatic N) is 9. The van der Waals surface area contributed by atoms with Crippen LogP contribution in [0.2, 0.25) is 0 Å². The molecule has 2 saturated heterocycles. The van der Waals surface area contributed by atoms with Gasteiger partial charge in [-0.1, -0.05) is 0 Å². The topological polar surface area (TPSA) is 157 Å². The Bertz CT molecular complexity index is 1900. The van der Waals surface area contributed by atoms with Gasteiger partial charge in [0.2, 0.25) is 11.8 Å². The van der Waals surface area contributed by atoms with Gasteiger partial charge in [0, 0.05) is 78.6 Å². The summed E-state index contributed by atoms with van der Waals surface area (Å²) in [6.45, 7) is 6.29. The molecule has 0 bridgehead atoms. The van der Waals surface area contributed by atoms with Gasteiger partial charge < -0.3 is 30.0 Å². The summed E-state index contributed by atoms with van der Waals surface area (Å²) in [5.41, 5.74) is 7.87. The molecular weight excluding hydrogens is 585 g/mol. The molecule has 1 aromatic carbocycles. The normalized spacial score (nSPS) is 16.2. The number of imidazole rings is 1. The number of nitrogens with two attached hydrogens (primary N) is 1. The molecule has 6 heterocycles. The molecule has 0 aliphatic carbocycles. The highest BCUT2D eigenvalue weighted by atomic mass is 19.1. The van der Waals surface area contributed by atoms with Crippen LogP contribution in [0, 0.1) is 5.82 Å². The summed E-state index contributed by atoms with van der Waals surface area (Å²) in [6, 6.07) is 8.22. The molecule has 7 rings (SSSR count). The first kappa shape index (κ1) is 28.8. The third-order valence-corrected chi connectivity index (χ3v) is 8.42. The quantitative estimate of drug-likeness (QED) is 0.248. The zero-order valence-corrected chi connectivity index (χ0v) is 24.9. The molecule has 236 valence electrons. The van der Waals surface area contributed by atoms with Gasteiger partial charge in [0.25, 0.3) is 5.91 Å². The highest BCUT2D eigenvalue weighted by Gasteiger charge is 2.24. The average Bonchev–Trinajstić information content (AvgIpc) is 3.80. The van der Waals surface area contributed by atoms with Crippen molar-refractivity contribution in [2.24, 2.45) is 7.05 Å². The van der Waals surface area contributed by atoms with Gasteiger partial charge in [-0.3, -0.25) is 18.8 Å². The van der Waals surface area contributed by atoms with Crippen molar-refractivity contribution in [3.05, 3.63) is 52.9 Å². The van der Waals surface area contributed by atoms with E-state index in [0.29, 0.717) is 92.2 Å². The fraction of sp³-hybridized carbons (Fsp3) is 0.414. The van der Waals surface area contributed by atoms with E-state index in [1.54, 1.807) is 40.8 Å². The first-order chi connectivity index (χ1) is 21.9. The second kappa shape index (κ2) is 11.9. The van der Waals surface area contributed by atoms with Crippen LogP contribution < -0.4 is 26.4 Å². The van der Waals surface area contributed by atoms with Gasteiger partial charge in [-0.25, -0.2) is 14.2 Å². The fourth-order valence-corrected chi connectivity index (χ4v) is 5.94. The Morgan fingerprint density at radius 1 is 1.07 bits per heavy atom. The minimum absolute atomic E-state index is 0.104. The number of anilines is 2. The van der Waals surface area contributed by atoms with E-state index in [0.717, 1.165) is 13.1 Å². The first-order valence-electron chi connectivity index (χ1n) is 14.9. The van der Waals surface area contributed by atoms with Crippen LogP contribution in [0.1, 0.15) is 0 Å².